The van der Waals surface area contributed by atoms with Crippen molar-refractivity contribution in [3.8, 4) is 5.75 Å². The largest absolute Gasteiger partial charge is 0.494 e. The van der Waals surface area contributed by atoms with E-state index in [1.165, 1.54) is 7.11 Å². The van der Waals surface area contributed by atoms with Crippen molar-refractivity contribution in [1.82, 2.24) is 5.32 Å². The molecule has 2 nitrogen and oxygen atoms in total. The summed E-state index contributed by atoms with van der Waals surface area (Å²) in [5.41, 5.74) is 0.976. The summed E-state index contributed by atoms with van der Waals surface area (Å²) in [6.45, 7) is 6.86. The second-order valence-electron chi connectivity index (χ2n) is 4.35. The molecule has 3 heteroatoms. The molecule has 1 N–H and O–H groups in total. The predicted octanol–water partition coefficient (Wildman–Crippen LogP) is 3.32. The highest BCUT2D eigenvalue weighted by molar-refractivity contribution is 5.29. The Balaban J connectivity index is 2.67. The molecule has 0 aliphatic heterocycles. The van der Waals surface area contributed by atoms with E-state index in [2.05, 4.69) is 18.8 Å². The number of nitrogens with one attached hydrogen (secondary N) is 1. The summed E-state index contributed by atoms with van der Waals surface area (Å²) in [6, 6.07) is 5.44. The highest BCUT2D eigenvalue weighted by Gasteiger charge is 2.09. The van der Waals surface area contributed by atoms with Crippen molar-refractivity contribution in [3.63, 3.8) is 0 Å². The molecule has 1 aromatic carbocycles. The lowest BCUT2D eigenvalue weighted by Gasteiger charge is -2.17. The summed E-state index contributed by atoms with van der Waals surface area (Å²) in [5, 5.41) is 3.44. The van der Waals surface area contributed by atoms with E-state index in [0.717, 1.165) is 31.4 Å². The molecular formula is C15H22FNO. The zero-order chi connectivity index (χ0) is 13.4. The molecule has 0 radical (unpaired) electrons. The molecule has 0 heterocycles. The summed E-state index contributed by atoms with van der Waals surface area (Å²) < 4.78 is 18.5. The van der Waals surface area contributed by atoms with Gasteiger partial charge in [-0.15, -0.1) is 6.58 Å². The van der Waals surface area contributed by atoms with Crippen molar-refractivity contribution in [3.05, 3.63) is 42.2 Å². The van der Waals surface area contributed by atoms with Crippen LogP contribution in [0.1, 0.15) is 25.3 Å². The van der Waals surface area contributed by atoms with Gasteiger partial charge >= 0.3 is 0 Å². The summed E-state index contributed by atoms with van der Waals surface area (Å²) >= 11 is 0. The Hall–Kier alpha value is -1.35. The molecule has 1 rings (SSSR count). The Labute approximate surface area is 109 Å². The van der Waals surface area contributed by atoms with E-state index in [1.807, 2.05) is 12.1 Å². The van der Waals surface area contributed by atoms with Gasteiger partial charge in [-0.1, -0.05) is 19.1 Å². The normalized spacial score (nSPS) is 12.2. The molecular weight excluding hydrogens is 229 g/mol. The second-order valence-corrected chi connectivity index (χ2v) is 4.35. The van der Waals surface area contributed by atoms with Crippen molar-refractivity contribution in [1.29, 1.82) is 0 Å². The smallest absolute Gasteiger partial charge is 0.165 e. The number of hydrogen-bond acceptors (Lipinski definition) is 2. The van der Waals surface area contributed by atoms with Crippen LogP contribution in [0.25, 0.3) is 0 Å². The lowest BCUT2D eigenvalue weighted by Crippen LogP contribution is -2.31. The zero-order valence-electron chi connectivity index (χ0n) is 11.2. The maximum atomic E-state index is 13.6. The lowest BCUT2D eigenvalue weighted by atomic mass is 10.0. The molecule has 0 amide bonds. The number of hydrogen-bond donors (Lipinski definition) is 1. The topological polar surface area (TPSA) is 21.3 Å². The van der Waals surface area contributed by atoms with Gasteiger partial charge in [0.05, 0.1) is 7.11 Å². The molecule has 0 aliphatic carbocycles. The Morgan fingerprint density at radius 3 is 2.83 bits per heavy atom. The van der Waals surface area contributed by atoms with Crippen LogP contribution >= 0.6 is 0 Å². The number of methoxy groups -OCH3 is 1. The fourth-order valence-corrected chi connectivity index (χ4v) is 1.91. The van der Waals surface area contributed by atoms with Crippen LogP contribution < -0.4 is 10.1 Å². The van der Waals surface area contributed by atoms with Crippen LogP contribution in [-0.4, -0.2) is 19.7 Å². The molecule has 0 aliphatic rings. The molecule has 1 aromatic rings. The average Bonchev–Trinajstić information content (AvgIpc) is 2.36. The summed E-state index contributed by atoms with van der Waals surface area (Å²) in [7, 11) is 1.47. The maximum absolute atomic E-state index is 13.6. The van der Waals surface area contributed by atoms with Crippen molar-refractivity contribution in [2.24, 2.45) is 0 Å². The Kier molecular flexibility index (Phi) is 6.44. The lowest BCUT2D eigenvalue weighted by molar-refractivity contribution is 0.386. The van der Waals surface area contributed by atoms with Gasteiger partial charge < -0.3 is 10.1 Å². The van der Waals surface area contributed by atoms with Crippen molar-refractivity contribution < 1.29 is 9.13 Å². The summed E-state index contributed by atoms with van der Waals surface area (Å²) in [5.74, 6) is -0.0108. The Bertz CT molecular complexity index is 379. The third-order valence-electron chi connectivity index (χ3n) is 2.83. The third kappa shape index (κ3) is 4.49. The quantitative estimate of drug-likeness (QED) is 0.716. The van der Waals surface area contributed by atoms with E-state index in [-0.39, 0.29) is 5.82 Å². The molecule has 0 fully saturated rings. The number of halogens is 1. The summed E-state index contributed by atoms with van der Waals surface area (Å²) in [4.78, 5) is 0. The van der Waals surface area contributed by atoms with Gasteiger partial charge in [0.1, 0.15) is 0 Å². The fraction of sp³-hybridized carbons (Fsp3) is 0.467. The zero-order valence-corrected chi connectivity index (χ0v) is 11.2. The van der Waals surface area contributed by atoms with Gasteiger partial charge in [0.25, 0.3) is 0 Å². The fourth-order valence-electron chi connectivity index (χ4n) is 1.91. The standard InChI is InChI=1S/C15H22FNO/c1-4-6-13(17-9-5-2)10-12-7-8-15(18-3)14(16)11-12/h4,7-8,11,13,17H,1,5-6,9-10H2,2-3H3. The highest BCUT2D eigenvalue weighted by atomic mass is 19.1. The number of benzene rings is 1. The number of rotatable bonds is 8. The number of ether oxygens (including phenoxy) is 1. The Morgan fingerprint density at radius 2 is 2.28 bits per heavy atom. The van der Waals surface area contributed by atoms with E-state index in [9.17, 15) is 4.39 Å². The van der Waals surface area contributed by atoms with Crippen LogP contribution in [0.3, 0.4) is 0 Å². The van der Waals surface area contributed by atoms with Crippen molar-refractivity contribution >= 4 is 0 Å². The molecule has 1 atom stereocenters. The van der Waals surface area contributed by atoms with Gasteiger partial charge in [-0.2, -0.15) is 0 Å². The monoisotopic (exact) mass is 251 g/mol. The molecule has 0 bridgehead atoms. The first kappa shape index (κ1) is 14.7. The molecule has 18 heavy (non-hydrogen) atoms. The van der Waals surface area contributed by atoms with Crippen molar-refractivity contribution in [2.75, 3.05) is 13.7 Å². The van der Waals surface area contributed by atoms with Gasteiger partial charge in [-0.3, -0.25) is 0 Å². The van der Waals surface area contributed by atoms with E-state index >= 15 is 0 Å². The van der Waals surface area contributed by atoms with E-state index in [4.69, 9.17) is 4.74 Å². The third-order valence-corrected chi connectivity index (χ3v) is 2.83. The van der Waals surface area contributed by atoms with Gasteiger partial charge in [0.15, 0.2) is 11.6 Å². The second kappa shape index (κ2) is 7.88. The minimum atomic E-state index is -0.303. The minimum Gasteiger partial charge on any atom is -0.494 e. The summed E-state index contributed by atoms with van der Waals surface area (Å²) in [6.07, 6.45) is 4.67. The minimum absolute atomic E-state index is 0.292. The molecule has 0 saturated carbocycles. The van der Waals surface area contributed by atoms with Crippen LogP contribution in [0, 0.1) is 5.82 Å². The van der Waals surface area contributed by atoms with Crippen LogP contribution in [0.4, 0.5) is 4.39 Å². The molecule has 0 spiro atoms. The van der Waals surface area contributed by atoms with E-state index in [1.54, 1.807) is 12.1 Å². The highest BCUT2D eigenvalue weighted by Crippen LogP contribution is 2.19. The average molecular weight is 251 g/mol. The molecule has 0 saturated heterocycles. The van der Waals surface area contributed by atoms with Gasteiger partial charge in [0.2, 0.25) is 0 Å². The van der Waals surface area contributed by atoms with Gasteiger partial charge in [-0.25, -0.2) is 4.39 Å². The first-order chi connectivity index (χ1) is 8.71. The van der Waals surface area contributed by atoms with Crippen LogP contribution in [0.2, 0.25) is 0 Å². The SMILES string of the molecule is C=CCC(Cc1ccc(OC)c(F)c1)NCCC. The van der Waals surface area contributed by atoms with Crippen LogP contribution in [-0.2, 0) is 6.42 Å². The molecule has 0 aromatic heterocycles. The molecule has 100 valence electrons. The molecule has 1 unspecified atom stereocenters. The van der Waals surface area contributed by atoms with E-state index < -0.39 is 0 Å². The van der Waals surface area contributed by atoms with Crippen LogP contribution in [0.5, 0.6) is 5.75 Å². The Morgan fingerprint density at radius 1 is 1.50 bits per heavy atom. The first-order valence-electron chi connectivity index (χ1n) is 6.38. The van der Waals surface area contributed by atoms with Crippen LogP contribution in [0.15, 0.2) is 30.9 Å². The van der Waals surface area contributed by atoms with Gasteiger partial charge in [0, 0.05) is 6.04 Å². The predicted molar refractivity (Wildman–Crippen MR) is 73.6 cm³/mol. The van der Waals surface area contributed by atoms with Gasteiger partial charge in [-0.05, 0) is 43.5 Å². The van der Waals surface area contributed by atoms with E-state index in [0.29, 0.717) is 11.8 Å². The maximum Gasteiger partial charge on any atom is 0.165 e. The first-order valence-corrected chi connectivity index (χ1v) is 6.38. The van der Waals surface area contributed by atoms with Crippen molar-refractivity contribution in [2.45, 2.75) is 32.2 Å².